The number of nitrogens with zero attached hydrogens (tertiary/aromatic N) is 5. The van der Waals surface area contributed by atoms with Gasteiger partial charge in [-0.05, 0) is 0 Å². The molecule has 4 N–H and O–H groups in total. The molecule has 1 fully saturated rings. The maximum atomic E-state index is 5.81. The standard InChI is InChI=1S/C12H15N7O2/c13-10-8(7-16-12(14)18-10)11-15-2-1-9(17-11)21-19-3-5-20-6-4-19/h1-2,7H,3-6H2,(H4,13,14,16,18). The zero-order valence-corrected chi connectivity index (χ0v) is 11.3. The summed E-state index contributed by atoms with van der Waals surface area (Å²) in [6.07, 6.45) is 3.08. The van der Waals surface area contributed by atoms with Gasteiger partial charge in [-0.3, -0.25) is 0 Å². The predicted octanol–water partition coefficient (Wildman–Crippen LogP) is -0.276. The van der Waals surface area contributed by atoms with Crippen LogP contribution in [0.5, 0.6) is 5.88 Å². The van der Waals surface area contributed by atoms with E-state index in [-0.39, 0.29) is 11.8 Å². The number of aromatic nitrogens is 4. The summed E-state index contributed by atoms with van der Waals surface area (Å²) in [5.41, 5.74) is 11.8. The molecule has 0 unspecified atom stereocenters. The Labute approximate surface area is 120 Å². The first-order valence-electron chi connectivity index (χ1n) is 6.44. The van der Waals surface area contributed by atoms with E-state index in [1.165, 1.54) is 6.20 Å². The van der Waals surface area contributed by atoms with E-state index in [4.69, 9.17) is 21.0 Å². The van der Waals surface area contributed by atoms with E-state index in [1.54, 1.807) is 17.3 Å². The monoisotopic (exact) mass is 289 g/mol. The largest absolute Gasteiger partial charge is 0.385 e. The lowest BCUT2D eigenvalue weighted by Gasteiger charge is -2.25. The normalized spacial score (nSPS) is 15.8. The molecule has 2 aromatic rings. The van der Waals surface area contributed by atoms with Gasteiger partial charge in [0.1, 0.15) is 5.82 Å². The zero-order valence-electron chi connectivity index (χ0n) is 11.3. The Morgan fingerprint density at radius 3 is 2.71 bits per heavy atom. The number of rotatable bonds is 3. The van der Waals surface area contributed by atoms with Gasteiger partial charge in [0.25, 0.3) is 0 Å². The van der Waals surface area contributed by atoms with Crippen molar-refractivity contribution in [1.82, 2.24) is 25.0 Å². The van der Waals surface area contributed by atoms with Gasteiger partial charge in [-0.25, -0.2) is 9.97 Å². The number of hydrogen-bond donors (Lipinski definition) is 2. The maximum Gasteiger partial charge on any atom is 0.241 e. The number of nitrogen functional groups attached to an aromatic ring is 2. The van der Waals surface area contributed by atoms with Gasteiger partial charge in [-0.15, -0.1) is 5.06 Å². The van der Waals surface area contributed by atoms with Crippen LogP contribution in [-0.4, -0.2) is 51.3 Å². The highest BCUT2D eigenvalue weighted by molar-refractivity contribution is 5.67. The van der Waals surface area contributed by atoms with Crippen LogP contribution in [0.15, 0.2) is 18.5 Å². The molecule has 9 heteroatoms. The van der Waals surface area contributed by atoms with Gasteiger partial charge in [-0.1, -0.05) is 0 Å². The van der Waals surface area contributed by atoms with Crippen molar-refractivity contribution >= 4 is 11.8 Å². The van der Waals surface area contributed by atoms with Crippen molar-refractivity contribution in [2.45, 2.75) is 0 Å². The fourth-order valence-corrected chi connectivity index (χ4v) is 1.87. The summed E-state index contributed by atoms with van der Waals surface area (Å²) in [5.74, 6) is 1.15. The van der Waals surface area contributed by atoms with Gasteiger partial charge in [0, 0.05) is 18.5 Å². The first kappa shape index (κ1) is 13.5. The minimum Gasteiger partial charge on any atom is -0.385 e. The Hall–Kier alpha value is -2.52. The smallest absolute Gasteiger partial charge is 0.241 e. The molecule has 0 bridgehead atoms. The Morgan fingerprint density at radius 1 is 1.14 bits per heavy atom. The van der Waals surface area contributed by atoms with Crippen LogP contribution >= 0.6 is 0 Å². The molecule has 1 aliphatic rings. The summed E-state index contributed by atoms with van der Waals surface area (Å²) in [5, 5.41) is 1.79. The predicted molar refractivity (Wildman–Crippen MR) is 74.9 cm³/mol. The highest BCUT2D eigenvalue weighted by Crippen LogP contribution is 2.22. The van der Waals surface area contributed by atoms with Crippen LogP contribution in [0.25, 0.3) is 11.4 Å². The molecule has 0 amide bonds. The number of hydrogen-bond acceptors (Lipinski definition) is 9. The number of ether oxygens (including phenoxy) is 1. The SMILES string of the molecule is Nc1ncc(-c2nccc(ON3CCOCC3)n2)c(N)n1. The van der Waals surface area contributed by atoms with Gasteiger partial charge >= 0.3 is 0 Å². The minimum absolute atomic E-state index is 0.108. The van der Waals surface area contributed by atoms with Gasteiger partial charge in [0.2, 0.25) is 11.8 Å². The molecule has 3 rings (SSSR count). The van der Waals surface area contributed by atoms with E-state index in [9.17, 15) is 0 Å². The molecule has 0 aromatic carbocycles. The van der Waals surface area contributed by atoms with Gasteiger partial charge < -0.3 is 21.0 Å². The lowest BCUT2D eigenvalue weighted by molar-refractivity contribution is -0.120. The molecule has 21 heavy (non-hydrogen) atoms. The van der Waals surface area contributed by atoms with Crippen LogP contribution in [0.2, 0.25) is 0 Å². The molecule has 1 saturated heterocycles. The number of hydroxylamine groups is 2. The quantitative estimate of drug-likeness (QED) is 0.784. The first-order chi connectivity index (χ1) is 10.2. The van der Waals surface area contributed by atoms with Crippen molar-refractivity contribution in [1.29, 1.82) is 0 Å². The summed E-state index contributed by atoms with van der Waals surface area (Å²) < 4.78 is 5.26. The summed E-state index contributed by atoms with van der Waals surface area (Å²) in [7, 11) is 0. The maximum absolute atomic E-state index is 5.81. The van der Waals surface area contributed by atoms with Gasteiger partial charge in [0.05, 0.1) is 31.9 Å². The highest BCUT2D eigenvalue weighted by atomic mass is 16.7. The van der Waals surface area contributed by atoms with E-state index in [2.05, 4.69) is 19.9 Å². The van der Waals surface area contributed by atoms with Gasteiger partial charge in [-0.2, -0.15) is 9.97 Å². The van der Waals surface area contributed by atoms with E-state index in [1.807, 2.05) is 0 Å². The lowest BCUT2D eigenvalue weighted by Crippen LogP contribution is -2.38. The topological polar surface area (TPSA) is 125 Å². The molecule has 1 aliphatic heterocycles. The summed E-state index contributed by atoms with van der Waals surface area (Å²) in [6, 6.07) is 1.67. The van der Waals surface area contributed by atoms with Crippen LogP contribution in [0.1, 0.15) is 0 Å². The second kappa shape index (κ2) is 5.85. The molecule has 0 radical (unpaired) electrons. The molecular weight excluding hydrogens is 274 g/mol. The third-order valence-corrected chi connectivity index (χ3v) is 2.90. The average molecular weight is 289 g/mol. The molecule has 0 saturated carbocycles. The van der Waals surface area contributed by atoms with Crippen molar-refractivity contribution < 1.29 is 9.57 Å². The molecule has 0 spiro atoms. The summed E-state index contributed by atoms with van der Waals surface area (Å²) >= 11 is 0. The zero-order chi connectivity index (χ0) is 14.7. The third kappa shape index (κ3) is 3.15. The molecule has 110 valence electrons. The average Bonchev–Trinajstić information content (AvgIpc) is 2.48. The van der Waals surface area contributed by atoms with Crippen LogP contribution in [0, 0.1) is 0 Å². The van der Waals surface area contributed by atoms with Crippen molar-refractivity contribution in [2.75, 3.05) is 37.8 Å². The van der Waals surface area contributed by atoms with Crippen LogP contribution in [0.4, 0.5) is 11.8 Å². The second-order valence-electron chi connectivity index (χ2n) is 4.38. The fourth-order valence-electron chi connectivity index (χ4n) is 1.87. The lowest BCUT2D eigenvalue weighted by atomic mass is 10.3. The van der Waals surface area contributed by atoms with E-state index < -0.39 is 0 Å². The van der Waals surface area contributed by atoms with Gasteiger partial charge in [0.15, 0.2) is 5.82 Å². The Kier molecular flexibility index (Phi) is 3.75. The summed E-state index contributed by atoms with van der Waals surface area (Å²) in [6.45, 7) is 2.65. The minimum atomic E-state index is 0.108. The van der Waals surface area contributed by atoms with Crippen molar-refractivity contribution in [3.05, 3.63) is 18.5 Å². The number of morpholine rings is 1. The molecule has 3 heterocycles. The van der Waals surface area contributed by atoms with Crippen molar-refractivity contribution in [3.63, 3.8) is 0 Å². The third-order valence-electron chi connectivity index (χ3n) is 2.90. The number of nitrogens with two attached hydrogens (primary N) is 2. The first-order valence-corrected chi connectivity index (χ1v) is 6.44. The van der Waals surface area contributed by atoms with E-state index in [0.717, 1.165) is 0 Å². The molecular formula is C12H15N7O2. The molecule has 0 atom stereocenters. The van der Waals surface area contributed by atoms with Crippen LogP contribution < -0.4 is 16.3 Å². The fraction of sp³-hybridized carbons (Fsp3) is 0.333. The summed E-state index contributed by atoms with van der Waals surface area (Å²) in [4.78, 5) is 21.9. The number of anilines is 2. The van der Waals surface area contributed by atoms with Crippen LogP contribution in [0.3, 0.4) is 0 Å². The Morgan fingerprint density at radius 2 is 1.95 bits per heavy atom. The van der Waals surface area contributed by atoms with Crippen molar-refractivity contribution in [2.24, 2.45) is 0 Å². The Balaban J connectivity index is 1.82. The second-order valence-corrected chi connectivity index (χ2v) is 4.38. The molecule has 9 nitrogen and oxygen atoms in total. The molecule has 2 aromatic heterocycles. The van der Waals surface area contributed by atoms with E-state index in [0.29, 0.717) is 43.6 Å². The highest BCUT2D eigenvalue weighted by Gasteiger charge is 2.14. The Bertz CT molecular complexity index is 631. The molecule has 0 aliphatic carbocycles. The van der Waals surface area contributed by atoms with Crippen molar-refractivity contribution in [3.8, 4) is 17.3 Å². The van der Waals surface area contributed by atoms with E-state index >= 15 is 0 Å². The van der Waals surface area contributed by atoms with Crippen LogP contribution in [-0.2, 0) is 4.74 Å².